The van der Waals surface area contributed by atoms with Crippen molar-refractivity contribution in [1.82, 2.24) is 15.0 Å². The molecule has 2 aromatic rings. The number of pyridine rings is 1. The van der Waals surface area contributed by atoms with Crippen LogP contribution in [-0.2, 0) is 9.53 Å². The number of aromatic nitrogens is 3. The highest BCUT2D eigenvalue weighted by molar-refractivity contribution is 7.71. The van der Waals surface area contributed by atoms with Gasteiger partial charge in [0.1, 0.15) is 11.6 Å². The van der Waals surface area contributed by atoms with Gasteiger partial charge in [0.05, 0.1) is 23.8 Å². The first kappa shape index (κ1) is 16.1. The molecule has 24 heavy (non-hydrogen) atoms. The van der Waals surface area contributed by atoms with Crippen LogP contribution >= 0.6 is 12.2 Å². The molecule has 124 valence electrons. The van der Waals surface area contributed by atoms with Gasteiger partial charge in [-0.15, -0.1) is 0 Å². The van der Waals surface area contributed by atoms with Crippen LogP contribution in [0.1, 0.15) is 31.0 Å². The van der Waals surface area contributed by atoms with Crippen molar-refractivity contribution < 1.29 is 9.53 Å². The highest BCUT2D eigenvalue weighted by Gasteiger charge is 2.36. The van der Waals surface area contributed by atoms with E-state index in [9.17, 15) is 4.79 Å². The summed E-state index contributed by atoms with van der Waals surface area (Å²) in [6, 6.07) is 5.51. The Labute approximate surface area is 144 Å². The van der Waals surface area contributed by atoms with Gasteiger partial charge in [-0.05, 0) is 38.2 Å². The van der Waals surface area contributed by atoms with Crippen LogP contribution in [0.5, 0.6) is 0 Å². The van der Waals surface area contributed by atoms with E-state index in [4.69, 9.17) is 22.7 Å². The molecule has 4 N–H and O–H groups in total. The van der Waals surface area contributed by atoms with Gasteiger partial charge < -0.3 is 20.8 Å². The minimum atomic E-state index is -0.485. The summed E-state index contributed by atoms with van der Waals surface area (Å²) >= 11 is 5.09. The molecule has 0 aromatic carbocycles. The fourth-order valence-corrected chi connectivity index (χ4v) is 3.02. The lowest BCUT2D eigenvalue weighted by atomic mass is 9.84. The molecular formula is C16H17N5O2S. The first-order chi connectivity index (χ1) is 11.5. The number of allylic oxidation sites excluding steroid dienone is 1. The molecule has 8 heteroatoms. The molecular weight excluding hydrogens is 326 g/mol. The molecule has 0 aliphatic carbocycles. The van der Waals surface area contributed by atoms with E-state index in [-0.39, 0.29) is 11.4 Å². The molecule has 0 spiro atoms. The van der Waals surface area contributed by atoms with E-state index >= 15 is 0 Å². The Kier molecular flexibility index (Phi) is 4.30. The van der Waals surface area contributed by atoms with Crippen LogP contribution in [0.25, 0.3) is 0 Å². The zero-order valence-electron chi connectivity index (χ0n) is 13.3. The van der Waals surface area contributed by atoms with Crippen LogP contribution < -0.4 is 11.1 Å². The standard InChI is InChI=1S/C16H17N5O2S/c1-3-23-15(22)10-8(2)19-14-12(13(17)20-16(24)21-14)11(10)9-6-4-5-7-18-9/h4-7,11H,3H2,1-2H3,(H4,17,19,20,21,24). The van der Waals surface area contributed by atoms with Gasteiger partial charge in [-0.25, -0.2) is 9.78 Å². The predicted molar refractivity (Wildman–Crippen MR) is 92.9 cm³/mol. The van der Waals surface area contributed by atoms with E-state index in [0.717, 1.165) is 0 Å². The number of anilines is 2. The average molecular weight is 343 g/mol. The first-order valence-corrected chi connectivity index (χ1v) is 7.89. The number of hydrogen-bond acceptors (Lipinski definition) is 7. The molecule has 0 saturated carbocycles. The highest BCUT2D eigenvalue weighted by atomic mass is 32.1. The van der Waals surface area contributed by atoms with Gasteiger partial charge in [-0.1, -0.05) is 6.07 Å². The quantitative estimate of drug-likeness (QED) is 0.581. The third-order valence-corrected chi connectivity index (χ3v) is 3.96. The number of carbonyl (C=O) groups excluding carboxylic acids is 1. The van der Waals surface area contributed by atoms with Crippen LogP contribution in [0.2, 0.25) is 0 Å². The van der Waals surface area contributed by atoms with E-state index in [1.54, 1.807) is 20.0 Å². The van der Waals surface area contributed by atoms with Crippen molar-refractivity contribution in [3.05, 3.63) is 51.7 Å². The summed E-state index contributed by atoms with van der Waals surface area (Å²) < 4.78 is 5.49. The van der Waals surface area contributed by atoms with Crippen LogP contribution in [0.3, 0.4) is 0 Å². The van der Waals surface area contributed by atoms with Gasteiger partial charge >= 0.3 is 5.97 Å². The van der Waals surface area contributed by atoms with E-state index in [0.29, 0.717) is 34.2 Å². The number of nitrogens with two attached hydrogens (primary N) is 1. The Balaban J connectivity index is 2.26. The number of nitrogens with one attached hydrogen (secondary N) is 2. The Morgan fingerprint density at radius 2 is 2.25 bits per heavy atom. The Morgan fingerprint density at radius 3 is 2.92 bits per heavy atom. The van der Waals surface area contributed by atoms with Crippen molar-refractivity contribution in [2.75, 3.05) is 17.7 Å². The number of ether oxygens (including phenoxy) is 1. The fourth-order valence-electron chi connectivity index (χ4n) is 2.82. The minimum absolute atomic E-state index is 0.269. The zero-order chi connectivity index (χ0) is 17.3. The van der Waals surface area contributed by atoms with Gasteiger partial charge in [0.2, 0.25) is 0 Å². The lowest BCUT2D eigenvalue weighted by Gasteiger charge is -2.29. The maximum atomic E-state index is 12.5. The second kappa shape index (κ2) is 6.40. The van der Waals surface area contributed by atoms with Gasteiger partial charge in [0, 0.05) is 17.5 Å². The van der Waals surface area contributed by atoms with E-state index in [1.165, 1.54) is 0 Å². The van der Waals surface area contributed by atoms with Crippen LogP contribution in [0.4, 0.5) is 11.6 Å². The Hall–Kier alpha value is -2.74. The number of H-pyrrole nitrogens is 1. The second-order valence-corrected chi connectivity index (χ2v) is 5.68. The molecule has 0 radical (unpaired) electrons. The lowest BCUT2D eigenvalue weighted by molar-refractivity contribution is -0.138. The second-order valence-electron chi connectivity index (χ2n) is 5.29. The summed E-state index contributed by atoms with van der Waals surface area (Å²) in [7, 11) is 0. The molecule has 1 aliphatic heterocycles. The summed E-state index contributed by atoms with van der Waals surface area (Å²) in [6.45, 7) is 3.84. The molecule has 3 heterocycles. The van der Waals surface area contributed by atoms with Crippen molar-refractivity contribution in [3.63, 3.8) is 0 Å². The Morgan fingerprint density at radius 1 is 1.46 bits per heavy atom. The van der Waals surface area contributed by atoms with Crippen LogP contribution in [0.15, 0.2) is 35.7 Å². The number of nitrogen functional groups attached to an aromatic ring is 1. The topological polar surface area (TPSA) is 106 Å². The third-order valence-electron chi connectivity index (χ3n) is 3.77. The van der Waals surface area contributed by atoms with E-state index in [1.807, 2.05) is 18.2 Å². The van der Waals surface area contributed by atoms with Crippen molar-refractivity contribution >= 4 is 29.8 Å². The maximum Gasteiger partial charge on any atom is 0.336 e. The number of aromatic amines is 1. The summed E-state index contributed by atoms with van der Waals surface area (Å²) in [5.41, 5.74) is 8.57. The summed E-state index contributed by atoms with van der Waals surface area (Å²) in [6.07, 6.45) is 1.67. The minimum Gasteiger partial charge on any atom is -0.463 e. The van der Waals surface area contributed by atoms with Crippen molar-refractivity contribution in [2.45, 2.75) is 19.8 Å². The highest BCUT2D eigenvalue weighted by Crippen LogP contribution is 2.42. The monoisotopic (exact) mass is 343 g/mol. The smallest absolute Gasteiger partial charge is 0.336 e. The molecule has 1 atom stereocenters. The Bertz CT molecular complexity index is 876. The molecule has 0 bridgehead atoms. The normalized spacial score (nSPS) is 16.3. The largest absolute Gasteiger partial charge is 0.463 e. The number of esters is 1. The van der Waals surface area contributed by atoms with Crippen LogP contribution in [0, 0.1) is 4.77 Å². The molecule has 1 unspecified atom stereocenters. The summed E-state index contributed by atoms with van der Waals surface area (Å²) in [5.74, 6) is -0.0218. The molecule has 2 aromatic heterocycles. The summed E-state index contributed by atoms with van der Waals surface area (Å²) in [4.78, 5) is 24.1. The van der Waals surface area contributed by atoms with Gasteiger partial charge in [0.25, 0.3) is 0 Å². The zero-order valence-corrected chi connectivity index (χ0v) is 14.1. The molecule has 0 saturated heterocycles. The molecule has 0 amide bonds. The van der Waals surface area contributed by atoms with Crippen LogP contribution in [-0.4, -0.2) is 27.5 Å². The number of nitrogens with zero attached hydrogens (tertiary/aromatic N) is 2. The van der Waals surface area contributed by atoms with Crippen molar-refractivity contribution in [1.29, 1.82) is 0 Å². The average Bonchev–Trinajstić information content (AvgIpc) is 2.54. The SMILES string of the molecule is CCOC(=O)C1=C(C)Nc2nc(=S)[nH]c(N)c2C1c1ccccn1. The third kappa shape index (κ3) is 2.76. The summed E-state index contributed by atoms with van der Waals surface area (Å²) in [5, 5.41) is 3.10. The van der Waals surface area contributed by atoms with Crippen molar-refractivity contribution in [2.24, 2.45) is 0 Å². The van der Waals surface area contributed by atoms with E-state index in [2.05, 4.69) is 20.3 Å². The van der Waals surface area contributed by atoms with Gasteiger partial charge in [-0.3, -0.25) is 4.98 Å². The lowest BCUT2D eigenvalue weighted by Crippen LogP contribution is -2.27. The molecule has 0 fully saturated rings. The number of hydrogen-bond donors (Lipinski definition) is 3. The predicted octanol–water partition coefficient (Wildman–Crippen LogP) is 2.51. The van der Waals surface area contributed by atoms with Crippen molar-refractivity contribution in [3.8, 4) is 0 Å². The number of rotatable bonds is 3. The van der Waals surface area contributed by atoms with Gasteiger partial charge in [0.15, 0.2) is 4.77 Å². The molecule has 7 nitrogen and oxygen atoms in total. The first-order valence-electron chi connectivity index (χ1n) is 7.48. The number of fused-ring (bicyclic) bond motifs is 1. The fraction of sp³-hybridized carbons (Fsp3) is 0.250. The maximum absolute atomic E-state index is 12.5. The molecule has 3 rings (SSSR count). The molecule has 1 aliphatic rings. The number of carbonyl (C=O) groups is 1. The van der Waals surface area contributed by atoms with Gasteiger partial charge in [-0.2, -0.15) is 0 Å². The van der Waals surface area contributed by atoms with E-state index < -0.39 is 11.9 Å².